The zero-order valence-electron chi connectivity index (χ0n) is 24.2. The van der Waals surface area contributed by atoms with Gasteiger partial charge < -0.3 is 4.74 Å². The molecule has 0 amide bonds. The van der Waals surface area contributed by atoms with E-state index in [0.29, 0.717) is 0 Å². The number of ether oxygens (including phenoxy) is 1. The molecule has 7 aromatic rings. The molecule has 0 saturated heterocycles. The summed E-state index contributed by atoms with van der Waals surface area (Å²) in [5, 5.41) is 6.99. The molecule has 0 unspecified atom stereocenters. The maximum Gasteiger partial charge on any atom is 0.137 e. The topological polar surface area (TPSA) is 44.9 Å². The summed E-state index contributed by atoms with van der Waals surface area (Å²) in [5.74, 6) is 2.40. The van der Waals surface area contributed by atoms with Crippen molar-refractivity contribution in [3.8, 4) is 34.1 Å². The second kappa shape index (κ2) is 10.0. The molecule has 0 bridgehead atoms. The molecule has 0 N–H and O–H groups in total. The molecular weight excluding hydrogens is 516 g/mol. The van der Waals surface area contributed by atoms with E-state index in [1.165, 1.54) is 10.9 Å². The van der Waals surface area contributed by atoms with Crippen LogP contribution < -0.4 is 4.74 Å². The molecule has 3 aromatic heterocycles. The van der Waals surface area contributed by atoms with Crippen molar-refractivity contribution in [3.63, 3.8) is 0 Å². The molecule has 0 spiro atoms. The predicted molar refractivity (Wildman–Crippen MR) is 171 cm³/mol. The maximum absolute atomic E-state index is 6.61. The third-order valence-corrected chi connectivity index (χ3v) is 7.71. The lowest BCUT2D eigenvalue weighted by molar-refractivity contribution is 0.483. The highest BCUT2D eigenvalue weighted by Crippen LogP contribution is 2.37. The van der Waals surface area contributed by atoms with Crippen molar-refractivity contribution in [2.24, 2.45) is 0 Å². The molecule has 3 heterocycles. The smallest absolute Gasteiger partial charge is 0.137 e. The number of rotatable bonds is 5. The third-order valence-electron chi connectivity index (χ3n) is 7.71. The van der Waals surface area contributed by atoms with E-state index in [1.54, 1.807) is 0 Å². The second-order valence-corrected chi connectivity index (χ2v) is 11.8. The first-order valence-corrected chi connectivity index (χ1v) is 14.2. The third kappa shape index (κ3) is 4.73. The van der Waals surface area contributed by atoms with E-state index in [-0.39, 0.29) is 5.41 Å². The number of nitrogens with zero attached hydrogens (tertiary/aromatic N) is 4. The Hall–Kier alpha value is -5.16. The molecule has 0 aliphatic carbocycles. The van der Waals surface area contributed by atoms with Gasteiger partial charge >= 0.3 is 0 Å². The summed E-state index contributed by atoms with van der Waals surface area (Å²) in [7, 11) is 0. The summed E-state index contributed by atoms with van der Waals surface area (Å²) >= 11 is 0. The molecule has 0 radical (unpaired) electrons. The maximum atomic E-state index is 6.61. The van der Waals surface area contributed by atoms with Gasteiger partial charge in [-0.1, -0.05) is 69.3 Å². The van der Waals surface area contributed by atoms with E-state index < -0.39 is 0 Å². The Morgan fingerprint density at radius 1 is 0.667 bits per heavy atom. The number of aryl methyl sites for hydroxylation is 1. The zero-order valence-corrected chi connectivity index (χ0v) is 24.2. The van der Waals surface area contributed by atoms with Crippen molar-refractivity contribution >= 4 is 21.8 Å². The van der Waals surface area contributed by atoms with Crippen molar-refractivity contribution in [1.29, 1.82) is 0 Å². The normalized spacial score (nSPS) is 11.8. The first kappa shape index (κ1) is 25.8. The molecule has 4 aromatic carbocycles. The van der Waals surface area contributed by atoms with E-state index >= 15 is 0 Å². The fourth-order valence-corrected chi connectivity index (χ4v) is 5.53. The van der Waals surface area contributed by atoms with E-state index in [2.05, 4.69) is 115 Å². The van der Waals surface area contributed by atoms with E-state index in [1.807, 2.05) is 48.3 Å². The van der Waals surface area contributed by atoms with Gasteiger partial charge in [0.05, 0.1) is 22.4 Å². The highest BCUT2D eigenvalue weighted by Gasteiger charge is 2.18. The van der Waals surface area contributed by atoms with Crippen LogP contribution in [0.4, 0.5) is 0 Å². The Bertz CT molecular complexity index is 2060. The lowest BCUT2D eigenvalue weighted by atomic mass is 9.88. The lowest BCUT2D eigenvalue weighted by Gasteiger charge is -2.20. The number of pyridine rings is 1. The van der Waals surface area contributed by atoms with E-state index in [0.717, 1.165) is 56.2 Å². The van der Waals surface area contributed by atoms with Crippen molar-refractivity contribution in [2.45, 2.75) is 33.1 Å². The summed E-state index contributed by atoms with van der Waals surface area (Å²) in [5.41, 5.74) is 7.51. The zero-order chi connectivity index (χ0) is 28.8. The Labute approximate surface area is 245 Å². The quantitative estimate of drug-likeness (QED) is 0.215. The van der Waals surface area contributed by atoms with Crippen molar-refractivity contribution in [2.75, 3.05) is 0 Å². The van der Waals surface area contributed by atoms with Crippen LogP contribution in [0.15, 0.2) is 122 Å². The molecular formula is C37H32N4O. The standard InChI is InChI=1S/C37H32N4O/c1-25-17-19-40(39-25)29-20-27(26-10-6-5-7-11-26)21-31(23-29)42-30-14-15-33-32-12-8-9-13-34(32)41(35(33)24-30)36-22-28(16-18-38-36)37(2,3)4/h5-24H,1-4H3. The SMILES string of the molecule is Cc1ccn(-c2cc(Oc3ccc4c5ccccc5n(-c5cc(C(C)(C)C)ccn5)c4c3)cc(-c3ccccc3)c2)n1. The Balaban J connectivity index is 1.37. The number of benzene rings is 4. The van der Waals surface area contributed by atoms with Crippen molar-refractivity contribution < 1.29 is 4.74 Å². The first-order chi connectivity index (χ1) is 20.3. The number of hydrogen-bond donors (Lipinski definition) is 0. The summed E-state index contributed by atoms with van der Waals surface area (Å²) in [6, 6.07) is 37.7. The van der Waals surface area contributed by atoms with Crippen molar-refractivity contribution in [1.82, 2.24) is 19.3 Å². The molecule has 7 rings (SSSR count). The molecule has 0 aliphatic rings. The van der Waals surface area contributed by atoms with Gasteiger partial charge in [0.2, 0.25) is 0 Å². The van der Waals surface area contributed by atoms with Crippen LogP contribution in [-0.2, 0) is 5.41 Å². The van der Waals surface area contributed by atoms with Crippen LogP contribution in [0.2, 0.25) is 0 Å². The Kier molecular flexibility index (Phi) is 6.16. The van der Waals surface area contributed by atoms with Crippen LogP contribution in [0.1, 0.15) is 32.0 Å². The summed E-state index contributed by atoms with van der Waals surface area (Å²) in [6.45, 7) is 8.68. The molecule has 5 nitrogen and oxygen atoms in total. The summed E-state index contributed by atoms with van der Waals surface area (Å²) in [6.07, 6.45) is 3.89. The van der Waals surface area contributed by atoms with Crippen LogP contribution in [0.3, 0.4) is 0 Å². The van der Waals surface area contributed by atoms with Gasteiger partial charge in [-0.05, 0) is 77.6 Å². The molecule has 0 atom stereocenters. The molecule has 0 saturated carbocycles. The highest BCUT2D eigenvalue weighted by molar-refractivity contribution is 6.09. The largest absolute Gasteiger partial charge is 0.457 e. The molecule has 206 valence electrons. The van der Waals surface area contributed by atoms with Gasteiger partial charge in [-0.15, -0.1) is 0 Å². The second-order valence-electron chi connectivity index (χ2n) is 11.8. The number of para-hydroxylation sites is 1. The molecule has 0 aliphatic heterocycles. The minimum absolute atomic E-state index is 0.0132. The lowest BCUT2D eigenvalue weighted by Crippen LogP contribution is -2.12. The Morgan fingerprint density at radius 3 is 2.24 bits per heavy atom. The van der Waals surface area contributed by atoms with Gasteiger partial charge in [0.15, 0.2) is 0 Å². The summed E-state index contributed by atoms with van der Waals surface area (Å²) < 4.78 is 10.7. The fraction of sp³-hybridized carbons (Fsp3) is 0.135. The first-order valence-electron chi connectivity index (χ1n) is 14.2. The minimum atomic E-state index is 0.0132. The average molecular weight is 549 g/mol. The number of fused-ring (bicyclic) bond motifs is 3. The number of aromatic nitrogens is 4. The summed E-state index contributed by atoms with van der Waals surface area (Å²) in [4.78, 5) is 4.81. The average Bonchev–Trinajstić information content (AvgIpc) is 3.58. The van der Waals surface area contributed by atoms with Gasteiger partial charge in [-0.25, -0.2) is 9.67 Å². The highest BCUT2D eigenvalue weighted by atomic mass is 16.5. The van der Waals surface area contributed by atoms with Gasteiger partial charge in [0, 0.05) is 35.3 Å². The van der Waals surface area contributed by atoms with Crippen LogP contribution in [0.25, 0.3) is 44.4 Å². The van der Waals surface area contributed by atoms with Gasteiger partial charge in [0.1, 0.15) is 17.3 Å². The van der Waals surface area contributed by atoms with Crippen LogP contribution in [-0.4, -0.2) is 19.3 Å². The van der Waals surface area contributed by atoms with Crippen LogP contribution >= 0.6 is 0 Å². The molecule has 5 heteroatoms. The van der Waals surface area contributed by atoms with Crippen molar-refractivity contribution in [3.05, 3.63) is 133 Å². The molecule has 0 fully saturated rings. The van der Waals surface area contributed by atoms with Crippen LogP contribution in [0.5, 0.6) is 11.5 Å². The van der Waals surface area contributed by atoms with Gasteiger partial charge in [-0.2, -0.15) is 5.10 Å². The Morgan fingerprint density at radius 2 is 1.45 bits per heavy atom. The monoisotopic (exact) mass is 548 g/mol. The van der Waals surface area contributed by atoms with E-state index in [4.69, 9.17) is 9.72 Å². The predicted octanol–water partition coefficient (Wildman–Crippen LogP) is 9.43. The van der Waals surface area contributed by atoms with Gasteiger partial charge in [0.25, 0.3) is 0 Å². The van der Waals surface area contributed by atoms with Gasteiger partial charge in [-0.3, -0.25) is 4.57 Å². The van der Waals surface area contributed by atoms with E-state index in [9.17, 15) is 0 Å². The van der Waals surface area contributed by atoms with Crippen LogP contribution in [0, 0.1) is 6.92 Å². The minimum Gasteiger partial charge on any atom is -0.457 e. The fourth-order valence-electron chi connectivity index (χ4n) is 5.53. The number of hydrogen-bond acceptors (Lipinski definition) is 3. The molecule has 42 heavy (non-hydrogen) atoms.